The number of methoxy groups -OCH3 is 2. The zero-order valence-electron chi connectivity index (χ0n) is 19.5. The van der Waals surface area contributed by atoms with E-state index in [1.165, 1.54) is 11.3 Å². The number of hydrogen-bond donors (Lipinski definition) is 1. The highest BCUT2D eigenvalue weighted by atomic mass is 32.1. The van der Waals surface area contributed by atoms with Gasteiger partial charge in [-0.3, -0.25) is 14.5 Å². The normalized spacial score (nSPS) is 14.4. The first-order chi connectivity index (χ1) is 16.6. The topological polar surface area (TPSA) is 67.9 Å². The SMILES string of the molecule is COc1cccc([C@@H](C(=O)NC2CCCC2)N(C(=O)Cc2cccs2)c2cccc(OC)c2)c1. The summed E-state index contributed by atoms with van der Waals surface area (Å²) in [4.78, 5) is 30.1. The monoisotopic (exact) mass is 478 g/mol. The van der Waals surface area contributed by atoms with E-state index in [0.717, 1.165) is 30.6 Å². The van der Waals surface area contributed by atoms with E-state index >= 15 is 0 Å². The van der Waals surface area contributed by atoms with Gasteiger partial charge in [0.25, 0.3) is 0 Å². The highest BCUT2D eigenvalue weighted by Gasteiger charge is 2.34. The standard InChI is InChI=1S/C27H30N2O4S/c1-32-22-12-5-8-19(16-22)26(27(31)28-20-9-3-4-10-20)29(21-11-6-13-23(17-21)33-2)25(30)18-24-14-7-15-34-24/h5-8,11-17,20,26H,3-4,9-10,18H2,1-2H3,(H,28,31)/t26-/m0/s1. The lowest BCUT2D eigenvalue weighted by atomic mass is 10.0. The van der Waals surface area contributed by atoms with Crippen molar-refractivity contribution in [2.45, 2.75) is 44.2 Å². The van der Waals surface area contributed by atoms with Crippen molar-refractivity contribution in [3.8, 4) is 11.5 Å². The molecular weight excluding hydrogens is 448 g/mol. The van der Waals surface area contributed by atoms with Gasteiger partial charge in [0, 0.05) is 22.7 Å². The molecule has 1 atom stereocenters. The Morgan fingerprint density at radius 3 is 2.38 bits per heavy atom. The van der Waals surface area contributed by atoms with Gasteiger partial charge in [-0.2, -0.15) is 0 Å². The van der Waals surface area contributed by atoms with Gasteiger partial charge in [0.1, 0.15) is 17.5 Å². The lowest BCUT2D eigenvalue weighted by Crippen LogP contribution is -2.46. The van der Waals surface area contributed by atoms with Crippen molar-refractivity contribution in [2.75, 3.05) is 19.1 Å². The number of ether oxygens (including phenoxy) is 2. The van der Waals surface area contributed by atoms with Gasteiger partial charge in [-0.25, -0.2) is 0 Å². The van der Waals surface area contributed by atoms with Gasteiger partial charge in [0.2, 0.25) is 11.8 Å². The van der Waals surface area contributed by atoms with E-state index in [2.05, 4.69) is 5.32 Å². The molecule has 3 aromatic rings. The second kappa shape index (κ2) is 11.2. The first kappa shape index (κ1) is 23.8. The van der Waals surface area contributed by atoms with Crippen LogP contribution in [0.4, 0.5) is 5.69 Å². The van der Waals surface area contributed by atoms with E-state index in [1.807, 2.05) is 60.0 Å². The zero-order chi connectivity index (χ0) is 23.9. The Kier molecular flexibility index (Phi) is 7.85. The Hall–Kier alpha value is -3.32. The Morgan fingerprint density at radius 1 is 1.00 bits per heavy atom. The molecule has 34 heavy (non-hydrogen) atoms. The maximum Gasteiger partial charge on any atom is 0.248 e. The minimum atomic E-state index is -0.852. The highest BCUT2D eigenvalue weighted by molar-refractivity contribution is 7.10. The summed E-state index contributed by atoms with van der Waals surface area (Å²) < 4.78 is 10.9. The number of nitrogens with one attached hydrogen (secondary N) is 1. The summed E-state index contributed by atoms with van der Waals surface area (Å²) >= 11 is 1.53. The number of amides is 2. The molecule has 2 aromatic carbocycles. The largest absolute Gasteiger partial charge is 0.497 e. The van der Waals surface area contributed by atoms with Crippen LogP contribution in [0.25, 0.3) is 0 Å². The molecule has 1 aliphatic rings. The van der Waals surface area contributed by atoms with Gasteiger partial charge in [-0.15, -0.1) is 11.3 Å². The molecule has 0 aliphatic heterocycles. The van der Waals surface area contributed by atoms with Crippen molar-refractivity contribution in [1.29, 1.82) is 0 Å². The van der Waals surface area contributed by atoms with Gasteiger partial charge < -0.3 is 14.8 Å². The number of rotatable bonds is 9. The van der Waals surface area contributed by atoms with Gasteiger partial charge in [-0.1, -0.05) is 37.1 Å². The third-order valence-corrected chi connectivity index (χ3v) is 7.00. The van der Waals surface area contributed by atoms with E-state index in [9.17, 15) is 9.59 Å². The van der Waals surface area contributed by atoms with Crippen LogP contribution in [0.2, 0.25) is 0 Å². The van der Waals surface area contributed by atoms with Crippen LogP contribution in [-0.2, 0) is 16.0 Å². The predicted molar refractivity (Wildman–Crippen MR) is 135 cm³/mol. The van der Waals surface area contributed by atoms with Crippen LogP contribution in [0.1, 0.15) is 42.2 Å². The fourth-order valence-corrected chi connectivity index (χ4v) is 5.12. The van der Waals surface area contributed by atoms with Crippen LogP contribution < -0.4 is 19.7 Å². The maximum absolute atomic E-state index is 13.8. The third kappa shape index (κ3) is 5.59. The molecular formula is C27H30N2O4S. The molecule has 0 unspecified atom stereocenters. The van der Waals surface area contributed by atoms with Gasteiger partial charge in [-0.05, 0) is 54.1 Å². The van der Waals surface area contributed by atoms with Gasteiger partial charge in [0.15, 0.2) is 0 Å². The first-order valence-corrected chi connectivity index (χ1v) is 12.4. The summed E-state index contributed by atoms with van der Waals surface area (Å²) in [6.07, 6.45) is 4.32. The average Bonchev–Trinajstić information content (AvgIpc) is 3.56. The summed E-state index contributed by atoms with van der Waals surface area (Å²) in [5.74, 6) is 0.895. The van der Waals surface area contributed by atoms with Crippen molar-refractivity contribution in [1.82, 2.24) is 5.32 Å². The van der Waals surface area contributed by atoms with E-state index in [0.29, 0.717) is 22.7 Å². The first-order valence-electron chi connectivity index (χ1n) is 11.5. The molecule has 0 radical (unpaired) electrons. The Balaban J connectivity index is 1.79. The van der Waals surface area contributed by atoms with E-state index in [1.54, 1.807) is 25.2 Å². The van der Waals surface area contributed by atoms with Crippen LogP contribution in [0, 0.1) is 0 Å². The molecule has 4 rings (SSSR count). The second-order valence-corrected chi connectivity index (χ2v) is 9.42. The third-order valence-electron chi connectivity index (χ3n) is 6.12. The van der Waals surface area contributed by atoms with Crippen LogP contribution >= 0.6 is 11.3 Å². The Labute approximate surface area is 204 Å². The average molecular weight is 479 g/mol. The van der Waals surface area contributed by atoms with Crippen molar-refractivity contribution >= 4 is 28.8 Å². The molecule has 178 valence electrons. The minimum absolute atomic E-state index is 0.125. The smallest absolute Gasteiger partial charge is 0.248 e. The second-order valence-electron chi connectivity index (χ2n) is 8.39. The molecule has 0 bridgehead atoms. The van der Waals surface area contributed by atoms with Gasteiger partial charge in [0.05, 0.1) is 20.6 Å². The molecule has 2 amide bonds. The summed E-state index contributed by atoms with van der Waals surface area (Å²) in [6, 6.07) is 17.8. The fraction of sp³-hybridized carbons (Fsp3) is 0.333. The number of nitrogens with zero attached hydrogens (tertiary/aromatic N) is 1. The number of thiophene rings is 1. The molecule has 6 nitrogen and oxygen atoms in total. The summed E-state index contributed by atoms with van der Waals surface area (Å²) in [5, 5.41) is 5.15. The van der Waals surface area contributed by atoms with Crippen LogP contribution in [0.15, 0.2) is 66.0 Å². The molecule has 7 heteroatoms. The lowest BCUT2D eigenvalue weighted by Gasteiger charge is -2.32. The van der Waals surface area contributed by atoms with Gasteiger partial charge >= 0.3 is 0 Å². The fourth-order valence-electron chi connectivity index (χ4n) is 4.42. The molecule has 1 fully saturated rings. The number of benzene rings is 2. The quantitative estimate of drug-likeness (QED) is 0.462. The number of anilines is 1. The molecule has 0 saturated heterocycles. The predicted octanol–water partition coefficient (Wildman–Crippen LogP) is 5.14. The summed E-state index contributed by atoms with van der Waals surface area (Å²) in [6.45, 7) is 0. The molecule has 1 saturated carbocycles. The molecule has 1 aliphatic carbocycles. The summed E-state index contributed by atoms with van der Waals surface area (Å²) in [5.41, 5.74) is 1.30. The van der Waals surface area contributed by atoms with Crippen LogP contribution in [0.3, 0.4) is 0 Å². The van der Waals surface area contributed by atoms with Crippen molar-refractivity contribution < 1.29 is 19.1 Å². The molecule has 1 heterocycles. The maximum atomic E-state index is 13.8. The van der Waals surface area contributed by atoms with Crippen LogP contribution in [0.5, 0.6) is 11.5 Å². The van der Waals surface area contributed by atoms with Crippen LogP contribution in [-0.4, -0.2) is 32.1 Å². The van der Waals surface area contributed by atoms with E-state index < -0.39 is 6.04 Å². The molecule has 0 spiro atoms. The van der Waals surface area contributed by atoms with E-state index in [-0.39, 0.29) is 24.3 Å². The number of carbonyl (C=O) groups is 2. The van der Waals surface area contributed by atoms with Crippen molar-refractivity contribution in [3.63, 3.8) is 0 Å². The Morgan fingerprint density at radius 2 is 1.71 bits per heavy atom. The highest BCUT2D eigenvalue weighted by Crippen LogP contribution is 2.33. The lowest BCUT2D eigenvalue weighted by molar-refractivity contribution is -0.127. The minimum Gasteiger partial charge on any atom is -0.497 e. The summed E-state index contributed by atoms with van der Waals surface area (Å²) in [7, 11) is 3.18. The van der Waals surface area contributed by atoms with Crippen molar-refractivity contribution in [2.24, 2.45) is 0 Å². The molecule has 1 aromatic heterocycles. The zero-order valence-corrected chi connectivity index (χ0v) is 20.3. The molecule has 1 N–H and O–H groups in total. The number of carbonyl (C=O) groups excluding carboxylic acids is 2. The number of hydrogen-bond acceptors (Lipinski definition) is 5. The van der Waals surface area contributed by atoms with E-state index in [4.69, 9.17) is 9.47 Å². The van der Waals surface area contributed by atoms with Crippen molar-refractivity contribution in [3.05, 3.63) is 76.5 Å². The Bertz CT molecular complexity index is 1110.